The zero-order chi connectivity index (χ0) is 13.0. The van der Waals surface area contributed by atoms with Crippen molar-refractivity contribution < 1.29 is 4.79 Å². The SMILES string of the molecule is CC(=O)NCc1ccc(-c2ccccc2N)cc1. The van der Waals surface area contributed by atoms with Crippen molar-refractivity contribution in [3.63, 3.8) is 0 Å². The van der Waals surface area contributed by atoms with Crippen molar-refractivity contribution in [1.82, 2.24) is 5.32 Å². The molecule has 3 heteroatoms. The first-order valence-electron chi connectivity index (χ1n) is 5.85. The lowest BCUT2D eigenvalue weighted by molar-refractivity contribution is -0.119. The van der Waals surface area contributed by atoms with E-state index >= 15 is 0 Å². The third-order valence-corrected chi connectivity index (χ3v) is 2.77. The minimum Gasteiger partial charge on any atom is -0.398 e. The van der Waals surface area contributed by atoms with E-state index in [1.165, 1.54) is 6.92 Å². The number of benzene rings is 2. The Balaban J connectivity index is 2.17. The fraction of sp³-hybridized carbons (Fsp3) is 0.133. The molecule has 3 nitrogen and oxygen atoms in total. The van der Waals surface area contributed by atoms with E-state index in [-0.39, 0.29) is 5.91 Å². The van der Waals surface area contributed by atoms with Gasteiger partial charge in [-0.2, -0.15) is 0 Å². The number of nitrogens with one attached hydrogen (secondary N) is 1. The minimum atomic E-state index is -0.0219. The molecule has 3 N–H and O–H groups in total. The van der Waals surface area contributed by atoms with Gasteiger partial charge in [0.25, 0.3) is 0 Å². The minimum absolute atomic E-state index is 0.0219. The summed E-state index contributed by atoms with van der Waals surface area (Å²) in [7, 11) is 0. The van der Waals surface area contributed by atoms with Gasteiger partial charge in [-0.05, 0) is 17.2 Å². The van der Waals surface area contributed by atoms with Crippen molar-refractivity contribution in [2.75, 3.05) is 5.73 Å². The summed E-state index contributed by atoms with van der Waals surface area (Å²) >= 11 is 0. The number of hydrogen-bond acceptors (Lipinski definition) is 2. The predicted octanol–water partition coefficient (Wildman–Crippen LogP) is 2.57. The third kappa shape index (κ3) is 2.88. The fourth-order valence-electron chi connectivity index (χ4n) is 1.79. The quantitative estimate of drug-likeness (QED) is 0.810. The Hall–Kier alpha value is -2.29. The Bertz CT molecular complexity index is 547. The Labute approximate surface area is 107 Å². The standard InChI is InChI=1S/C15H16N2O/c1-11(18)17-10-12-6-8-13(9-7-12)14-4-2-3-5-15(14)16/h2-9H,10,16H2,1H3,(H,17,18). The van der Waals surface area contributed by atoms with Crippen LogP contribution >= 0.6 is 0 Å². The average molecular weight is 240 g/mol. The highest BCUT2D eigenvalue weighted by atomic mass is 16.1. The average Bonchev–Trinajstić information content (AvgIpc) is 2.38. The summed E-state index contributed by atoms with van der Waals surface area (Å²) in [6.45, 7) is 2.07. The van der Waals surface area contributed by atoms with Crippen LogP contribution in [0.5, 0.6) is 0 Å². The molecular formula is C15H16N2O. The maximum atomic E-state index is 10.8. The molecule has 0 bridgehead atoms. The Kier molecular flexibility index (Phi) is 3.63. The zero-order valence-electron chi connectivity index (χ0n) is 10.3. The van der Waals surface area contributed by atoms with E-state index in [1.54, 1.807) is 0 Å². The summed E-state index contributed by atoms with van der Waals surface area (Å²) in [5.74, 6) is -0.0219. The van der Waals surface area contributed by atoms with Crippen LogP contribution in [-0.4, -0.2) is 5.91 Å². The number of carbonyl (C=O) groups excluding carboxylic acids is 1. The van der Waals surface area contributed by atoms with Gasteiger partial charge in [-0.1, -0.05) is 42.5 Å². The molecule has 0 aliphatic heterocycles. The summed E-state index contributed by atoms with van der Waals surface area (Å²) in [6, 6.07) is 15.8. The first kappa shape index (κ1) is 12.2. The second kappa shape index (κ2) is 5.36. The molecule has 0 spiro atoms. The maximum absolute atomic E-state index is 10.8. The van der Waals surface area contributed by atoms with Crippen LogP contribution in [-0.2, 0) is 11.3 Å². The van der Waals surface area contributed by atoms with Crippen LogP contribution in [0.1, 0.15) is 12.5 Å². The fourth-order valence-corrected chi connectivity index (χ4v) is 1.79. The molecule has 92 valence electrons. The van der Waals surface area contributed by atoms with Crippen LogP contribution in [0.3, 0.4) is 0 Å². The summed E-state index contributed by atoms with van der Waals surface area (Å²) in [5.41, 5.74) is 9.89. The molecule has 1 amide bonds. The van der Waals surface area contributed by atoms with E-state index in [9.17, 15) is 4.79 Å². The highest BCUT2D eigenvalue weighted by Crippen LogP contribution is 2.25. The van der Waals surface area contributed by atoms with E-state index in [0.29, 0.717) is 6.54 Å². The predicted molar refractivity (Wildman–Crippen MR) is 73.8 cm³/mol. The number of amides is 1. The normalized spacial score (nSPS) is 10.1. The van der Waals surface area contributed by atoms with Gasteiger partial charge in [0, 0.05) is 24.7 Å². The summed E-state index contributed by atoms with van der Waals surface area (Å²) in [6.07, 6.45) is 0. The topological polar surface area (TPSA) is 55.1 Å². The molecule has 0 saturated heterocycles. The molecule has 0 aliphatic carbocycles. The first-order chi connectivity index (χ1) is 8.66. The number of rotatable bonds is 3. The Morgan fingerprint density at radius 1 is 1.11 bits per heavy atom. The summed E-state index contributed by atoms with van der Waals surface area (Å²) in [5, 5.41) is 2.77. The molecule has 0 aliphatic rings. The zero-order valence-corrected chi connectivity index (χ0v) is 10.3. The number of carbonyl (C=O) groups is 1. The van der Waals surface area contributed by atoms with Gasteiger partial charge in [0.15, 0.2) is 0 Å². The smallest absolute Gasteiger partial charge is 0.217 e. The van der Waals surface area contributed by atoms with Crippen molar-refractivity contribution in [3.8, 4) is 11.1 Å². The molecule has 18 heavy (non-hydrogen) atoms. The highest BCUT2D eigenvalue weighted by molar-refractivity contribution is 5.76. The number of para-hydroxylation sites is 1. The van der Waals surface area contributed by atoms with Crippen molar-refractivity contribution >= 4 is 11.6 Å². The maximum Gasteiger partial charge on any atom is 0.217 e. The van der Waals surface area contributed by atoms with E-state index in [0.717, 1.165) is 22.4 Å². The van der Waals surface area contributed by atoms with Crippen LogP contribution in [0.15, 0.2) is 48.5 Å². The van der Waals surface area contributed by atoms with Crippen molar-refractivity contribution in [3.05, 3.63) is 54.1 Å². The van der Waals surface area contributed by atoms with Gasteiger partial charge in [-0.3, -0.25) is 4.79 Å². The molecule has 0 saturated carbocycles. The number of hydrogen-bond donors (Lipinski definition) is 2. The molecule has 0 unspecified atom stereocenters. The van der Waals surface area contributed by atoms with Crippen LogP contribution in [0, 0.1) is 0 Å². The summed E-state index contributed by atoms with van der Waals surface area (Å²) < 4.78 is 0. The van der Waals surface area contributed by atoms with Gasteiger partial charge in [0.2, 0.25) is 5.91 Å². The number of anilines is 1. The van der Waals surface area contributed by atoms with Crippen molar-refractivity contribution in [2.24, 2.45) is 0 Å². The molecule has 2 rings (SSSR count). The van der Waals surface area contributed by atoms with Gasteiger partial charge in [-0.25, -0.2) is 0 Å². The molecule has 0 heterocycles. The lowest BCUT2D eigenvalue weighted by atomic mass is 10.0. The second-order valence-corrected chi connectivity index (χ2v) is 4.19. The van der Waals surface area contributed by atoms with Crippen LogP contribution in [0.2, 0.25) is 0 Å². The second-order valence-electron chi connectivity index (χ2n) is 4.19. The largest absolute Gasteiger partial charge is 0.398 e. The van der Waals surface area contributed by atoms with Crippen LogP contribution < -0.4 is 11.1 Å². The van der Waals surface area contributed by atoms with E-state index in [1.807, 2.05) is 48.5 Å². The van der Waals surface area contributed by atoms with Crippen LogP contribution in [0.25, 0.3) is 11.1 Å². The molecule has 0 atom stereocenters. The monoisotopic (exact) mass is 240 g/mol. The lowest BCUT2D eigenvalue weighted by Gasteiger charge is -2.07. The van der Waals surface area contributed by atoms with Crippen LogP contribution in [0.4, 0.5) is 5.69 Å². The molecule has 0 radical (unpaired) electrons. The molecule has 2 aromatic rings. The van der Waals surface area contributed by atoms with Gasteiger partial charge in [0.05, 0.1) is 0 Å². The van der Waals surface area contributed by atoms with Gasteiger partial charge < -0.3 is 11.1 Å². The van der Waals surface area contributed by atoms with Gasteiger partial charge >= 0.3 is 0 Å². The first-order valence-corrected chi connectivity index (χ1v) is 5.85. The molecule has 0 aromatic heterocycles. The molecule has 0 fully saturated rings. The lowest BCUT2D eigenvalue weighted by Crippen LogP contribution is -2.18. The highest BCUT2D eigenvalue weighted by Gasteiger charge is 2.01. The van der Waals surface area contributed by atoms with Gasteiger partial charge in [-0.15, -0.1) is 0 Å². The van der Waals surface area contributed by atoms with E-state index in [4.69, 9.17) is 5.73 Å². The third-order valence-electron chi connectivity index (χ3n) is 2.77. The Morgan fingerprint density at radius 2 is 1.78 bits per heavy atom. The summed E-state index contributed by atoms with van der Waals surface area (Å²) in [4.78, 5) is 10.8. The molecule has 2 aromatic carbocycles. The Morgan fingerprint density at radius 3 is 2.39 bits per heavy atom. The van der Waals surface area contributed by atoms with Crippen molar-refractivity contribution in [1.29, 1.82) is 0 Å². The molecular weight excluding hydrogens is 224 g/mol. The van der Waals surface area contributed by atoms with Crippen molar-refractivity contribution in [2.45, 2.75) is 13.5 Å². The van der Waals surface area contributed by atoms with Gasteiger partial charge in [0.1, 0.15) is 0 Å². The number of nitrogen functional groups attached to an aromatic ring is 1. The number of nitrogens with two attached hydrogens (primary N) is 1. The van der Waals surface area contributed by atoms with E-state index < -0.39 is 0 Å². The van der Waals surface area contributed by atoms with E-state index in [2.05, 4.69) is 5.32 Å².